The molecule has 2 rings (SSSR count). The lowest BCUT2D eigenvalue weighted by molar-refractivity contribution is 1.21. The summed E-state index contributed by atoms with van der Waals surface area (Å²) in [5.41, 5.74) is 12.4. The van der Waals surface area contributed by atoms with Gasteiger partial charge >= 0.3 is 0 Å². The van der Waals surface area contributed by atoms with Crippen LogP contribution in [0.4, 0.5) is 23.0 Å². The molecular formula is C11H14N6. The summed E-state index contributed by atoms with van der Waals surface area (Å²) >= 11 is 0. The molecule has 0 amide bonds. The minimum atomic E-state index is 0. The second-order valence-electron chi connectivity index (χ2n) is 3.18. The van der Waals surface area contributed by atoms with Crippen molar-refractivity contribution in [2.24, 2.45) is 10.2 Å². The molecule has 0 saturated carbocycles. The maximum absolute atomic E-state index is 5.64. The van der Waals surface area contributed by atoms with Crippen molar-refractivity contribution in [3.63, 3.8) is 0 Å². The van der Waals surface area contributed by atoms with Crippen molar-refractivity contribution >= 4 is 23.0 Å². The van der Waals surface area contributed by atoms with E-state index in [0.29, 0.717) is 11.5 Å². The molecule has 0 unspecified atom stereocenters. The summed E-state index contributed by atoms with van der Waals surface area (Å²) in [6, 6.07) is 12.7. The van der Waals surface area contributed by atoms with Gasteiger partial charge in [0.2, 0.25) is 0 Å². The van der Waals surface area contributed by atoms with Gasteiger partial charge in [-0.3, -0.25) is 0 Å². The van der Waals surface area contributed by atoms with Crippen molar-refractivity contribution in [1.82, 2.24) is 11.1 Å². The first-order valence-electron chi connectivity index (χ1n) is 4.74. The van der Waals surface area contributed by atoms with E-state index in [1.165, 1.54) is 0 Å². The molecule has 88 valence electrons. The maximum atomic E-state index is 5.64. The molecule has 7 N–H and O–H groups in total. The highest BCUT2D eigenvalue weighted by Gasteiger charge is 1.98. The Morgan fingerprint density at radius 1 is 0.882 bits per heavy atom. The molecule has 0 aliphatic rings. The molecule has 0 fully saturated rings. The first-order valence-corrected chi connectivity index (χ1v) is 4.74. The topological polar surface area (TPSA) is 125 Å². The third-order valence-corrected chi connectivity index (χ3v) is 1.95. The second kappa shape index (κ2) is 5.57. The second-order valence-corrected chi connectivity index (χ2v) is 3.18. The zero-order chi connectivity index (χ0) is 11.4. The van der Waals surface area contributed by atoms with Crippen LogP contribution in [-0.4, -0.2) is 4.98 Å². The van der Waals surface area contributed by atoms with E-state index >= 15 is 0 Å². The summed E-state index contributed by atoms with van der Waals surface area (Å²) in [7, 11) is 0. The average molecular weight is 230 g/mol. The van der Waals surface area contributed by atoms with Gasteiger partial charge < -0.3 is 17.6 Å². The molecule has 0 aliphatic heterocycles. The fraction of sp³-hybridized carbons (Fsp3) is 0. The quantitative estimate of drug-likeness (QED) is 0.686. The van der Waals surface area contributed by atoms with Gasteiger partial charge in [0.25, 0.3) is 0 Å². The SMILES string of the molecule is N.Nc1ccc(N=Nc2ccccc2)c(N)n1. The van der Waals surface area contributed by atoms with Gasteiger partial charge in [-0.1, -0.05) is 18.2 Å². The Labute approximate surface area is 99.0 Å². The van der Waals surface area contributed by atoms with Crippen LogP contribution < -0.4 is 17.6 Å². The number of pyridine rings is 1. The zero-order valence-corrected chi connectivity index (χ0v) is 9.24. The number of hydrogen-bond donors (Lipinski definition) is 3. The Balaban J connectivity index is 0.00000144. The van der Waals surface area contributed by atoms with Gasteiger partial charge in [0.15, 0.2) is 5.82 Å². The Morgan fingerprint density at radius 2 is 1.59 bits per heavy atom. The number of aromatic nitrogens is 1. The molecule has 0 saturated heterocycles. The van der Waals surface area contributed by atoms with Crippen LogP contribution in [0.3, 0.4) is 0 Å². The van der Waals surface area contributed by atoms with Gasteiger partial charge in [-0.25, -0.2) is 4.98 Å². The smallest absolute Gasteiger partial charge is 0.153 e. The summed E-state index contributed by atoms with van der Waals surface area (Å²) < 4.78 is 0. The Kier molecular flexibility index (Phi) is 4.13. The monoisotopic (exact) mass is 230 g/mol. The zero-order valence-electron chi connectivity index (χ0n) is 9.24. The van der Waals surface area contributed by atoms with E-state index in [9.17, 15) is 0 Å². The van der Waals surface area contributed by atoms with Crippen molar-refractivity contribution in [3.8, 4) is 0 Å². The molecule has 0 atom stereocenters. The normalized spacial score (nSPS) is 10.1. The largest absolute Gasteiger partial charge is 0.384 e. The summed E-state index contributed by atoms with van der Waals surface area (Å²) in [6.45, 7) is 0. The third kappa shape index (κ3) is 3.25. The number of nitrogen functional groups attached to an aromatic ring is 2. The van der Waals surface area contributed by atoms with Crippen molar-refractivity contribution in [2.75, 3.05) is 11.5 Å². The fourth-order valence-electron chi connectivity index (χ4n) is 1.17. The molecule has 0 spiro atoms. The molecule has 2 aromatic rings. The van der Waals surface area contributed by atoms with E-state index in [2.05, 4.69) is 15.2 Å². The van der Waals surface area contributed by atoms with E-state index < -0.39 is 0 Å². The van der Waals surface area contributed by atoms with E-state index in [-0.39, 0.29) is 12.0 Å². The number of hydrogen-bond acceptors (Lipinski definition) is 6. The molecule has 1 aromatic heterocycles. The van der Waals surface area contributed by atoms with Gasteiger partial charge in [0, 0.05) is 0 Å². The molecule has 6 heteroatoms. The van der Waals surface area contributed by atoms with Crippen LogP contribution in [0.5, 0.6) is 0 Å². The van der Waals surface area contributed by atoms with Crippen molar-refractivity contribution < 1.29 is 0 Å². The van der Waals surface area contributed by atoms with Crippen LogP contribution in [0.25, 0.3) is 0 Å². The summed E-state index contributed by atoms with van der Waals surface area (Å²) in [4.78, 5) is 3.89. The average Bonchev–Trinajstić information content (AvgIpc) is 2.29. The summed E-state index contributed by atoms with van der Waals surface area (Å²) in [6.07, 6.45) is 0. The standard InChI is InChI=1S/C11H11N5.H3N/c12-10-7-6-9(11(13)14-10)16-15-8-4-2-1-3-5-8;/h1-7H,(H4,12,13,14);1H3. The number of rotatable bonds is 2. The number of nitrogens with zero attached hydrogens (tertiary/aromatic N) is 3. The first kappa shape index (κ1) is 12.6. The number of benzene rings is 1. The highest BCUT2D eigenvalue weighted by atomic mass is 15.1. The van der Waals surface area contributed by atoms with Crippen molar-refractivity contribution in [3.05, 3.63) is 42.5 Å². The van der Waals surface area contributed by atoms with E-state index in [4.69, 9.17) is 11.5 Å². The lowest BCUT2D eigenvalue weighted by atomic mass is 10.3. The first-order chi connectivity index (χ1) is 7.75. The predicted molar refractivity (Wildman–Crippen MR) is 68.7 cm³/mol. The molecular weight excluding hydrogens is 216 g/mol. The third-order valence-electron chi connectivity index (χ3n) is 1.95. The van der Waals surface area contributed by atoms with Crippen LogP contribution in [-0.2, 0) is 0 Å². The molecule has 1 heterocycles. The van der Waals surface area contributed by atoms with Gasteiger partial charge in [-0.15, -0.1) is 5.11 Å². The van der Waals surface area contributed by atoms with E-state index in [1.807, 2.05) is 30.3 Å². The lowest BCUT2D eigenvalue weighted by Gasteiger charge is -1.98. The van der Waals surface area contributed by atoms with Gasteiger partial charge in [-0.05, 0) is 24.3 Å². The Morgan fingerprint density at radius 3 is 2.24 bits per heavy atom. The van der Waals surface area contributed by atoms with Crippen LogP contribution in [0.15, 0.2) is 52.7 Å². The molecule has 0 aliphatic carbocycles. The number of anilines is 2. The van der Waals surface area contributed by atoms with Crippen molar-refractivity contribution in [1.29, 1.82) is 0 Å². The highest BCUT2D eigenvalue weighted by molar-refractivity contribution is 5.60. The van der Waals surface area contributed by atoms with Gasteiger partial charge in [0.05, 0.1) is 5.69 Å². The van der Waals surface area contributed by atoms with E-state index in [1.54, 1.807) is 12.1 Å². The van der Waals surface area contributed by atoms with Crippen molar-refractivity contribution in [2.45, 2.75) is 0 Å². The summed E-state index contributed by atoms with van der Waals surface area (Å²) in [5.74, 6) is 0.649. The molecule has 6 nitrogen and oxygen atoms in total. The maximum Gasteiger partial charge on any atom is 0.153 e. The number of azo groups is 1. The minimum absolute atomic E-state index is 0. The minimum Gasteiger partial charge on any atom is -0.384 e. The highest BCUT2D eigenvalue weighted by Crippen LogP contribution is 2.23. The van der Waals surface area contributed by atoms with Gasteiger partial charge in [0.1, 0.15) is 11.5 Å². The van der Waals surface area contributed by atoms with Crippen LogP contribution in [0.2, 0.25) is 0 Å². The fourth-order valence-corrected chi connectivity index (χ4v) is 1.17. The van der Waals surface area contributed by atoms with Crippen LogP contribution in [0.1, 0.15) is 0 Å². The van der Waals surface area contributed by atoms with Crippen LogP contribution >= 0.6 is 0 Å². The van der Waals surface area contributed by atoms with Gasteiger partial charge in [-0.2, -0.15) is 5.11 Å². The lowest BCUT2D eigenvalue weighted by Crippen LogP contribution is -1.95. The molecule has 1 aromatic carbocycles. The Bertz CT molecular complexity index is 509. The predicted octanol–water partition coefficient (Wildman–Crippen LogP) is 2.82. The molecule has 0 bridgehead atoms. The van der Waals surface area contributed by atoms with E-state index in [0.717, 1.165) is 5.69 Å². The summed E-state index contributed by atoms with van der Waals surface area (Å²) in [5, 5.41) is 8.03. The van der Waals surface area contributed by atoms with Crippen LogP contribution in [0, 0.1) is 0 Å². The molecule has 0 radical (unpaired) electrons. The molecule has 17 heavy (non-hydrogen) atoms. The Hall–Kier alpha value is -2.47. The number of nitrogens with two attached hydrogens (primary N) is 2.